The van der Waals surface area contributed by atoms with Crippen LogP contribution in [0.25, 0.3) is 6.08 Å². The molecular formula is C21H25N3O2S. The van der Waals surface area contributed by atoms with Crippen molar-refractivity contribution in [3.8, 4) is 0 Å². The maximum Gasteiger partial charge on any atom is 0.246 e. The summed E-state index contributed by atoms with van der Waals surface area (Å²) in [6.45, 7) is 3.65. The molecule has 1 N–H and O–H groups in total. The Hall–Kier alpha value is -2.47. The van der Waals surface area contributed by atoms with E-state index in [1.54, 1.807) is 17.4 Å². The van der Waals surface area contributed by atoms with Gasteiger partial charge < -0.3 is 10.2 Å². The highest BCUT2D eigenvalue weighted by molar-refractivity contribution is 7.09. The SMILES string of the molecule is CC(=O)NCCc1csc(C2CCCN(C(=O)/C=C/c3ccccc3)C2)n1. The average molecular weight is 384 g/mol. The van der Waals surface area contributed by atoms with Crippen molar-refractivity contribution in [2.75, 3.05) is 19.6 Å². The Labute approximate surface area is 164 Å². The summed E-state index contributed by atoms with van der Waals surface area (Å²) in [5.74, 6) is 0.341. The summed E-state index contributed by atoms with van der Waals surface area (Å²) in [7, 11) is 0. The molecule has 27 heavy (non-hydrogen) atoms. The van der Waals surface area contributed by atoms with E-state index < -0.39 is 0 Å². The average Bonchev–Trinajstić information content (AvgIpc) is 3.16. The van der Waals surface area contributed by atoms with E-state index in [-0.39, 0.29) is 11.8 Å². The molecule has 1 atom stereocenters. The minimum Gasteiger partial charge on any atom is -0.356 e. The van der Waals surface area contributed by atoms with Crippen LogP contribution in [0, 0.1) is 0 Å². The molecule has 0 saturated carbocycles. The van der Waals surface area contributed by atoms with Gasteiger partial charge in [-0.2, -0.15) is 0 Å². The predicted molar refractivity (Wildman–Crippen MR) is 109 cm³/mol. The summed E-state index contributed by atoms with van der Waals surface area (Å²) in [6.07, 6.45) is 6.33. The number of carbonyl (C=O) groups excluding carboxylic acids is 2. The number of thiazole rings is 1. The van der Waals surface area contributed by atoms with Crippen molar-refractivity contribution in [2.45, 2.75) is 32.1 Å². The molecule has 0 radical (unpaired) electrons. The number of nitrogens with zero attached hydrogens (tertiary/aromatic N) is 2. The Bertz CT molecular complexity index is 801. The second-order valence-corrected chi connectivity index (χ2v) is 7.67. The van der Waals surface area contributed by atoms with Gasteiger partial charge in [0.05, 0.1) is 10.7 Å². The normalized spacial score (nSPS) is 17.2. The van der Waals surface area contributed by atoms with Gasteiger partial charge in [0.2, 0.25) is 11.8 Å². The van der Waals surface area contributed by atoms with Crippen LogP contribution < -0.4 is 5.32 Å². The van der Waals surface area contributed by atoms with E-state index in [9.17, 15) is 9.59 Å². The zero-order valence-electron chi connectivity index (χ0n) is 15.6. The van der Waals surface area contributed by atoms with Gasteiger partial charge in [0.15, 0.2) is 0 Å². The number of likely N-dealkylation sites (tertiary alicyclic amines) is 1. The van der Waals surface area contributed by atoms with Crippen molar-refractivity contribution >= 4 is 29.2 Å². The molecule has 1 unspecified atom stereocenters. The third kappa shape index (κ3) is 5.76. The largest absolute Gasteiger partial charge is 0.356 e. The number of hydrogen-bond acceptors (Lipinski definition) is 4. The van der Waals surface area contributed by atoms with Crippen LogP contribution in [0.2, 0.25) is 0 Å². The van der Waals surface area contributed by atoms with Crippen molar-refractivity contribution in [2.24, 2.45) is 0 Å². The van der Waals surface area contributed by atoms with Crippen LogP contribution in [-0.2, 0) is 16.0 Å². The molecule has 2 amide bonds. The highest BCUT2D eigenvalue weighted by Gasteiger charge is 2.25. The van der Waals surface area contributed by atoms with E-state index in [1.807, 2.05) is 41.3 Å². The Balaban J connectivity index is 1.56. The van der Waals surface area contributed by atoms with Gasteiger partial charge >= 0.3 is 0 Å². The molecule has 1 aromatic carbocycles. The summed E-state index contributed by atoms with van der Waals surface area (Å²) in [5, 5.41) is 5.96. The van der Waals surface area contributed by atoms with E-state index in [4.69, 9.17) is 4.98 Å². The lowest BCUT2D eigenvalue weighted by atomic mass is 9.98. The predicted octanol–water partition coefficient (Wildman–Crippen LogP) is 3.24. The lowest BCUT2D eigenvalue weighted by Gasteiger charge is -2.31. The summed E-state index contributed by atoms with van der Waals surface area (Å²) in [6, 6.07) is 9.87. The molecule has 0 aliphatic carbocycles. The third-order valence-electron chi connectivity index (χ3n) is 4.62. The van der Waals surface area contributed by atoms with Crippen molar-refractivity contribution < 1.29 is 9.59 Å². The maximum atomic E-state index is 12.5. The molecule has 1 fully saturated rings. The van der Waals surface area contributed by atoms with E-state index >= 15 is 0 Å². The first-order chi connectivity index (χ1) is 13.1. The number of amides is 2. The first-order valence-corrected chi connectivity index (χ1v) is 10.2. The van der Waals surface area contributed by atoms with Gasteiger partial charge in [-0.3, -0.25) is 9.59 Å². The van der Waals surface area contributed by atoms with E-state index in [0.717, 1.165) is 48.6 Å². The molecule has 1 aliphatic rings. The van der Waals surface area contributed by atoms with Crippen molar-refractivity contribution in [1.82, 2.24) is 15.2 Å². The molecule has 0 bridgehead atoms. The molecule has 2 heterocycles. The maximum absolute atomic E-state index is 12.5. The summed E-state index contributed by atoms with van der Waals surface area (Å²) < 4.78 is 0. The number of piperidine rings is 1. The molecule has 1 saturated heterocycles. The van der Waals surface area contributed by atoms with Crippen molar-refractivity contribution in [3.63, 3.8) is 0 Å². The molecule has 1 aromatic heterocycles. The highest BCUT2D eigenvalue weighted by Crippen LogP contribution is 2.29. The third-order valence-corrected chi connectivity index (χ3v) is 5.68. The molecule has 1 aliphatic heterocycles. The quantitative estimate of drug-likeness (QED) is 0.779. The number of benzene rings is 1. The minimum absolute atomic E-state index is 0.0181. The van der Waals surface area contributed by atoms with Crippen LogP contribution in [-0.4, -0.2) is 41.3 Å². The second kappa shape index (κ2) is 9.46. The molecule has 0 spiro atoms. The van der Waals surface area contributed by atoms with Crippen LogP contribution >= 0.6 is 11.3 Å². The Morgan fingerprint density at radius 1 is 1.33 bits per heavy atom. The molecule has 142 valence electrons. The van der Waals surface area contributed by atoms with Crippen LogP contribution in [0.3, 0.4) is 0 Å². The van der Waals surface area contributed by atoms with Gasteiger partial charge in [0.25, 0.3) is 0 Å². The molecule has 6 heteroatoms. The number of nitrogens with one attached hydrogen (secondary N) is 1. The van der Waals surface area contributed by atoms with E-state index in [1.165, 1.54) is 6.92 Å². The lowest BCUT2D eigenvalue weighted by molar-refractivity contribution is -0.127. The summed E-state index contributed by atoms with van der Waals surface area (Å²) >= 11 is 1.66. The van der Waals surface area contributed by atoms with Crippen LogP contribution in [0.1, 0.15) is 41.9 Å². The van der Waals surface area contributed by atoms with Crippen LogP contribution in [0.15, 0.2) is 41.8 Å². The van der Waals surface area contributed by atoms with Gasteiger partial charge in [0.1, 0.15) is 0 Å². The zero-order chi connectivity index (χ0) is 19.1. The summed E-state index contributed by atoms with van der Waals surface area (Å²) in [5.41, 5.74) is 2.04. The second-order valence-electron chi connectivity index (χ2n) is 6.78. The molecule has 2 aromatic rings. The lowest BCUT2D eigenvalue weighted by Crippen LogP contribution is -2.38. The molecule has 5 nitrogen and oxygen atoms in total. The monoisotopic (exact) mass is 383 g/mol. The summed E-state index contributed by atoms with van der Waals surface area (Å²) in [4.78, 5) is 30.2. The number of carbonyl (C=O) groups is 2. The van der Waals surface area contributed by atoms with Gasteiger partial charge in [-0.1, -0.05) is 30.3 Å². The zero-order valence-corrected chi connectivity index (χ0v) is 16.4. The van der Waals surface area contributed by atoms with E-state index in [2.05, 4.69) is 10.7 Å². The fraction of sp³-hybridized carbons (Fsp3) is 0.381. The Morgan fingerprint density at radius 2 is 2.15 bits per heavy atom. The fourth-order valence-electron chi connectivity index (χ4n) is 3.21. The van der Waals surface area contributed by atoms with E-state index in [0.29, 0.717) is 12.5 Å². The van der Waals surface area contributed by atoms with Crippen molar-refractivity contribution in [1.29, 1.82) is 0 Å². The van der Waals surface area contributed by atoms with Gasteiger partial charge in [-0.05, 0) is 24.5 Å². The van der Waals surface area contributed by atoms with Gasteiger partial charge in [0, 0.05) is 50.4 Å². The number of aromatic nitrogens is 1. The molecular weight excluding hydrogens is 358 g/mol. The first kappa shape index (κ1) is 19.3. The first-order valence-electron chi connectivity index (χ1n) is 9.32. The fourth-order valence-corrected chi connectivity index (χ4v) is 4.19. The van der Waals surface area contributed by atoms with Crippen LogP contribution in [0.5, 0.6) is 0 Å². The molecule has 3 rings (SSSR count). The Morgan fingerprint density at radius 3 is 2.93 bits per heavy atom. The van der Waals surface area contributed by atoms with Gasteiger partial charge in [-0.25, -0.2) is 4.98 Å². The standard InChI is InChI=1S/C21H25N3O2S/c1-16(25)22-12-11-19-15-27-21(23-19)18-8-5-13-24(14-18)20(26)10-9-17-6-3-2-4-7-17/h2-4,6-7,9-10,15,18H,5,8,11-14H2,1H3,(H,22,25)/b10-9+. The van der Waals surface area contributed by atoms with Crippen molar-refractivity contribution in [3.05, 3.63) is 58.1 Å². The Kier molecular flexibility index (Phi) is 6.76. The highest BCUT2D eigenvalue weighted by atomic mass is 32.1. The van der Waals surface area contributed by atoms with Crippen LogP contribution in [0.4, 0.5) is 0 Å². The van der Waals surface area contributed by atoms with Gasteiger partial charge in [-0.15, -0.1) is 11.3 Å². The number of rotatable bonds is 6. The minimum atomic E-state index is -0.0181. The number of hydrogen-bond donors (Lipinski definition) is 1. The topological polar surface area (TPSA) is 62.3 Å². The smallest absolute Gasteiger partial charge is 0.246 e.